The molecule has 0 amide bonds. The van der Waals surface area contributed by atoms with Gasteiger partial charge >= 0.3 is 0 Å². The maximum atomic E-state index is 6.21. The van der Waals surface area contributed by atoms with Gasteiger partial charge in [0.2, 0.25) is 0 Å². The van der Waals surface area contributed by atoms with Gasteiger partial charge in [-0.2, -0.15) is 0 Å². The first kappa shape index (κ1) is 12.1. The third kappa shape index (κ3) is 2.76. The zero-order chi connectivity index (χ0) is 11.3. The molecule has 0 bridgehead atoms. The van der Waals surface area contributed by atoms with E-state index in [-0.39, 0.29) is 11.6 Å². The van der Waals surface area contributed by atoms with E-state index in [0.29, 0.717) is 6.61 Å². The van der Waals surface area contributed by atoms with Crippen molar-refractivity contribution in [3.63, 3.8) is 0 Å². The molecule has 2 atom stereocenters. The molecule has 2 unspecified atom stereocenters. The molecule has 0 aromatic carbocycles. The second kappa shape index (κ2) is 5.24. The summed E-state index contributed by atoms with van der Waals surface area (Å²) in [4.78, 5) is 4.08. The summed E-state index contributed by atoms with van der Waals surface area (Å²) in [6.45, 7) is 6.81. The molecule has 0 fully saturated rings. The van der Waals surface area contributed by atoms with Crippen LogP contribution in [0.2, 0.25) is 0 Å². The molecular weight excluding hydrogens is 188 g/mol. The molecule has 0 saturated heterocycles. The van der Waals surface area contributed by atoms with Crippen molar-refractivity contribution in [2.45, 2.75) is 38.8 Å². The standard InChI is InChI=1S/C12H20N2O/c1-4-12(3,15-5-2)11(13)10-7-6-8-14-9-10/h6-9,11H,4-5,13H2,1-3H3. The van der Waals surface area contributed by atoms with Crippen molar-refractivity contribution in [1.29, 1.82) is 0 Å². The highest BCUT2D eigenvalue weighted by molar-refractivity contribution is 5.17. The third-order valence-electron chi connectivity index (χ3n) is 2.88. The van der Waals surface area contributed by atoms with Gasteiger partial charge in [-0.3, -0.25) is 4.98 Å². The number of rotatable bonds is 5. The minimum absolute atomic E-state index is 0.129. The molecule has 0 radical (unpaired) electrons. The zero-order valence-electron chi connectivity index (χ0n) is 9.73. The van der Waals surface area contributed by atoms with Crippen molar-refractivity contribution in [2.24, 2.45) is 5.73 Å². The summed E-state index contributed by atoms with van der Waals surface area (Å²) in [7, 11) is 0. The molecule has 2 N–H and O–H groups in total. The average molecular weight is 208 g/mol. The molecule has 3 nitrogen and oxygen atoms in total. The van der Waals surface area contributed by atoms with Crippen LogP contribution < -0.4 is 5.73 Å². The molecule has 0 aliphatic heterocycles. The fourth-order valence-corrected chi connectivity index (χ4v) is 1.65. The molecule has 1 aromatic heterocycles. The second-order valence-electron chi connectivity index (χ2n) is 3.86. The van der Waals surface area contributed by atoms with Crippen LogP contribution in [0.1, 0.15) is 38.8 Å². The monoisotopic (exact) mass is 208 g/mol. The van der Waals surface area contributed by atoms with Crippen LogP contribution in [0.4, 0.5) is 0 Å². The van der Waals surface area contributed by atoms with Crippen LogP contribution in [0.15, 0.2) is 24.5 Å². The number of nitrogens with zero attached hydrogens (tertiary/aromatic N) is 1. The lowest BCUT2D eigenvalue weighted by Gasteiger charge is -2.34. The molecule has 0 aliphatic rings. The molecule has 84 valence electrons. The number of ether oxygens (including phenoxy) is 1. The van der Waals surface area contributed by atoms with Gasteiger partial charge in [0.05, 0.1) is 11.6 Å². The Bertz CT molecular complexity index is 289. The predicted octanol–water partition coefficient (Wildman–Crippen LogP) is 2.29. The molecule has 15 heavy (non-hydrogen) atoms. The number of hydrogen-bond donors (Lipinski definition) is 1. The first-order valence-corrected chi connectivity index (χ1v) is 5.43. The summed E-state index contributed by atoms with van der Waals surface area (Å²) in [6, 6.07) is 3.76. The summed E-state index contributed by atoms with van der Waals surface area (Å²) < 4.78 is 5.74. The van der Waals surface area contributed by atoms with E-state index in [0.717, 1.165) is 12.0 Å². The van der Waals surface area contributed by atoms with Crippen LogP contribution in [0, 0.1) is 0 Å². The molecule has 3 heteroatoms. The second-order valence-corrected chi connectivity index (χ2v) is 3.86. The average Bonchev–Trinajstić information content (AvgIpc) is 2.29. The number of pyridine rings is 1. The summed E-state index contributed by atoms with van der Waals surface area (Å²) >= 11 is 0. The minimum Gasteiger partial charge on any atom is -0.374 e. The van der Waals surface area contributed by atoms with Gasteiger partial charge in [-0.25, -0.2) is 0 Å². The Balaban J connectivity index is 2.86. The van der Waals surface area contributed by atoms with Gasteiger partial charge in [-0.1, -0.05) is 13.0 Å². The van der Waals surface area contributed by atoms with E-state index in [1.165, 1.54) is 0 Å². The Morgan fingerprint density at radius 2 is 2.27 bits per heavy atom. The third-order valence-corrected chi connectivity index (χ3v) is 2.88. The maximum Gasteiger partial charge on any atom is 0.0844 e. The van der Waals surface area contributed by atoms with Crippen LogP contribution in [-0.2, 0) is 4.74 Å². The lowest BCUT2D eigenvalue weighted by Crippen LogP contribution is -2.40. The largest absolute Gasteiger partial charge is 0.374 e. The minimum atomic E-state index is -0.308. The number of hydrogen-bond acceptors (Lipinski definition) is 3. The van der Waals surface area contributed by atoms with Crippen LogP contribution in [-0.4, -0.2) is 17.2 Å². The first-order chi connectivity index (χ1) is 7.14. The summed E-state index contributed by atoms with van der Waals surface area (Å²) in [5.74, 6) is 0. The zero-order valence-corrected chi connectivity index (χ0v) is 9.73. The van der Waals surface area contributed by atoms with Gasteiger partial charge in [-0.05, 0) is 31.9 Å². The Hall–Kier alpha value is -0.930. The molecular formula is C12H20N2O. The lowest BCUT2D eigenvalue weighted by atomic mass is 9.89. The fourth-order valence-electron chi connectivity index (χ4n) is 1.65. The molecule has 1 rings (SSSR count). The molecule has 1 aromatic rings. The fraction of sp³-hybridized carbons (Fsp3) is 0.583. The predicted molar refractivity (Wildman–Crippen MR) is 61.5 cm³/mol. The topological polar surface area (TPSA) is 48.1 Å². The SMILES string of the molecule is CCOC(C)(CC)C(N)c1cccnc1. The normalized spacial score (nSPS) is 17.1. The maximum absolute atomic E-state index is 6.21. The van der Waals surface area contributed by atoms with Crippen molar-refractivity contribution < 1.29 is 4.74 Å². The highest BCUT2D eigenvalue weighted by atomic mass is 16.5. The summed E-state index contributed by atoms with van der Waals surface area (Å²) in [5, 5.41) is 0. The molecule has 0 aliphatic carbocycles. The van der Waals surface area contributed by atoms with E-state index >= 15 is 0 Å². The van der Waals surface area contributed by atoms with E-state index in [2.05, 4.69) is 11.9 Å². The highest BCUT2D eigenvalue weighted by Gasteiger charge is 2.31. The van der Waals surface area contributed by atoms with Gasteiger partial charge in [0.15, 0.2) is 0 Å². The van der Waals surface area contributed by atoms with Gasteiger partial charge in [0.25, 0.3) is 0 Å². The quantitative estimate of drug-likeness (QED) is 0.807. The highest BCUT2D eigenvalue weighted by Crippen LogP contribution is 2.29. The van der Waals surface area contributed by atoms with E-state index in [1.54, 1.807) is 12.4 Å². The lowest BCUT2D eigenvalue weighted by molar-refractivity contribution is -0.0473. The number of nitrogens with two attached hydrogens (primary N) is 1. The van der Waals surface area contributed by atoms with Crippen molar-refractivity contribution in [1.82, 2.24) is 4.98 Å². The van der Waals surface area contributed by atoms with Gasteiger partial charge in [0.1, 0.15) is 0 Å². The molecule has 0 saturated carbocycles. The van der Waals surface area contributed by atoms with Crippen molar-refractivity contribution in [3.05, 3.63) is 30.1 Å². The summed E-state index contributed by atoms with van der Waals surface area (Å²) in [5.41, 5.74) is 6.92. The van der Waals surface area contributed by atoms with Crippen molar-refractivity contribution in [2.75, 3.05) is 6.61 Å². The van der Waals surface area contributed by atoms with Crippen molar-refractivity contribution in [3.8, 4) is 0 Å². The van der Waals surface area contributed by atoms with Crippen molar-refractivity contribution >= 4 is 0 Å². The smallest absolute Gasteiger partial charge is 0.0844 e. The van der Waals surface area contributed by atoms with E-state index in [4.69, 9.17) is 10.5 Å². The van der Waals surface area contributed by atoms with E-state index < -0.39 is 0 Å². The van der Waals surface area contributed by atoms with Gasteiger partial charge in [-0.15, -0.1) is 0 Å². The van der Waals surface area contributed by atoms with Crippen LogP contribution in [0.5, 0.6) is 0 Å². The number of aromatic nitrogens is 1. The van der Waals surface area contributed by atoms with E-state index in [1.807, 2.05) is 26.0 Å². The van der Waals surface area contributed by atoms with Crippen LogP contribution >= 0.6 is 0 Å². The molecule has 1 heterocycles. The Kier molecular flexibility index (Phi) is 4.24. The van der Waals surface area contributed by atoms with Gasteiger partial charge < -0.3 is 10.5 Å². The Morgan fingerprint density at radius 1 is 1.53 bits per heavy atom. The Morgan fingerprint density at radius 3 is 2.73 bits per heavy atom. The van der Waals surface area contributed by atoms with Crippen LogP contribution in [0.3, 0.4) is 0 Å². The molecule has 0 spiro atoms. The Labute approximate surface area is 91.7 Å². The van der Waals surface area contributed by atoms with Crippen LogP contribution in [0.25, 0.3) is 0 Å². The van der Waals surface area contributed by atoms with E-state index in [9.17, 15) is 0 Å². The van der Waals surface area contributed by atoms with Gasteiger partial charge in [0, 0.05) is 19.0 Å². The first-order valence-electron chi connectivity index (χ1n) is 5.43. The summed E-state index contributed by atoms with van der Waals surface area (Å²) in [6.07, 6.45) is 4.44.